The second-order valence-corrected chi connectivity index (χ2v) is 4.60. The van der Waals surface area contributed by atoms with E-state index in [9.17, 15) is 24.0 Å². The summed E-state index contributed by atoms with van der Waals surface area (Å²) >= 11 is 0. The Balaban J connectivity index is 5.25. The quantitative estimate of drug-likeness (QED) is 0.532. The first kappa shape index (κ1) is 21.0. The zero-order valence-corrected chi connectivity index (χ0v) is 13.6. The first-order valence-electron chi connectivity index (χ1n) is 6.87. The highest BCUT2D eigenvalue weighted by atomic mass is 16.2. The van der Waals surface area contributed by atoms with Crippen LogP contribution in [0.1, 0.15) is 19.8 Å². The van der Waals surface area contributed by atoms with E-state index in [1.807, 2.05) is 0 Å². The van der Waals surface area contributed by atoms with Gasteiger partial charge >= 0.3 is 0 Å². The van der Waals surface area contributed by atoms with Crippen LogP contribution in [0.25, 0.3) is 0 Å². The van der Waals surface area contributed by atoms with Crippen molar-refractivity contribution < 1.29 is 24.0 Å². The van der Waals surface area contributed by atoms with Gasteiger partial charge in [0.2, 0.25) is 5.91 Å². The van der Waals surface area contributed by atoms with Gasteiger partial charge in [-0.25, -0.2) is 9.98 Å². The highest BCUT2D eigenvalue weighted by Crippen LogP contribution is 2.08. The largest absolute Gasteiger partial charge is 0.354 e. The number of aliphatic imine (C=N–C) groups is 2. The van der Waals surface area contributed by atoms with Crippen molar-refractivity contribution in [2.45, 2.75) is 25.8 Å². The van der Waals surface area contributed by atoms with Crippen molar-refractivity contribution in [1.29, 1.82) is 5.41 Å². The third-order valence-corrected chi connectivity index (χ3v) is 2.84. The number of hydrogen-bond acceptors (Lipinski definition) is 6. The lowest BCUT2D eigenvalue weighted by atomic mass is 10.1. The molecule has 0 rings (SSSR count). The molecule has 0 bridgehead atoms. The zero-order chi connectivity index (χ0) is 18.7. The van der Waals surface area contributed by atoms with Gasteiger partial charge in [-0.05, 0) is 6.42 Å². The summed E-state index contributed by atoms with van der Waals surface area (Å²) in [6, 6.07) is -1.14. The van der Waals surface area contributed by atoms with Crippen LogP contribution < -0.4 is 5.32 Å². The molecule has 1 unspecified atom stereocenters. The molecule has 10 nitrogen and oxygen atoms in total. The SMILES string of the molecule is CNC(=O)C=NC(=O)C(CCC(=O)C=N)N(C)C(=O)C=NC(C)=O. The minimum Gasteiger partial charge on any atom is -0.354 e. The Bertz CT molecular complexity index is 596. The Hall–Kier alpha value is -3.04. The van der Waals surface area contributed by atoms with Crippen LogP contribution in [0.2, 0.25) is 0 Å². The van der Waals surface area contributed by atoms with E-state index in [-0.39, 0.29) is 12.8 Å². The second-order valence-electron chi connectivity index (χ2n) is 4.60. The zero-order valence-electron chi connectivity index (χ0n) is 13.6. The number of carbonyl (C=O) groups is 5. The van der Waals surface area contributed by atoms with Crippen LogP contribution in [0.4, 0.5) is 0 Å². The van der Waals surface area contributed by atoms with Gasteiger partial charge in [-0.2, -0.15) is 0 Å². The highest BCUT2D eigenvalue weighted by molar-refractivity contribution is 6.30. The van der Waals surface area contributed by atoms with E-state index in [1.165, 1.54) is 14.1 Å². The van der Waals surface area contributed by atoms with Crippen molar-refractivity contribution in [2.75, 3.05) is 14.1 Å². The molecule has 0 spiro atoms. The third-order valence-electron chi connectivity index (χ3n) is 2.84. The van der Waals surface area contributed by atoms with Crippen LogP contribution >= 0.6 is 0 Å². The van der Waals surface area contributed by atoms with Gasteiger partial charge in [-0.1, -0.05) is 0 Å². The van der Waals surface area contributed by atoms with E-state index in [4.69, 9.17) is 5.41 Å². The molecule has 0 radical (unpaired) electrons. The Morgan fingerprint density at radius 2 is 1.79 bits per heavy atom. The molecule has 24 heavy (non-hydrogen) atoms. The standard InChI is InChI=1S/C14H19N5O5/c1-9(20)17-8-13(23)19(3)11(5-4-10(21)6-15)14(24)18-7-12(22)16-2/h6-8,11,15H,4-5H2,1-3H3,(H,16,22). The molecule has 0 aromatic carbocycles. The maximum Gasteiger partial charge on any atom is 0.268 e. The lowest BCUT2D eigenvalue weighted by Gasteiger charge is -2.23. The van der Waals surface area contributed by atoms with Gasteiger partial charge in [0.1, 0.15) is 6.04 Å². The molecule has 10 heteroatoms. The van der Waals surface area contributed by atoms with E-state index in [0.717, 1.165) is 24.3 Å². The molecule has 0 fully saturated rings. The van der Waals surface area contributed by atoms with Crippen molar-refractivity contribution in [3.63, 3.8) is 0 Å². The Labute approximate surface area is 138 Å². The van der Waals surface area contributed by atoms with Crippen molar-refractivity contribution in [3.05, 3.63) is 0 Å². The summed E-state index contributed by atoms with van der Waals surface area (Å²) in [6.07, 6.45) is 1.87. The van der Waals surface area contributed by atoms with Gasteiger partial charge in [0.05, 0.1) is 18.6 Å². The van der Waals surface area contributed by atoms with Gasteiger partial charge in [-0.15, -0.1) is 0 Å². The molecule has 0 aromatic rings. The maximum absolute atomic E-state index is 12.1. The number of amides is 4. The number of carbonyl (C=O) groups excluding carboxylic acids is 5. The van der Waals surface area contributed by atoms with Gasteiger partial charge in [0, 0.05) is 27.4 Å². The summed E-state index contributed by atoms with van der Waals surface area (Å²) in [4.78, 5) is 64.8. The first-order chi connectivity index (χ1) is 11.2. The minimum atomic E-state index is -1.14. The van der Waals surface area contributed by atoms with E-state index < -0.39 is 35.5 Å². The average Bonchev–Trinajstić information content (AvgIpc) is 2.56. The van der Waals surface area contributed by atoms with Crippen molar-refractivity contribution in [3.8, 4) is 0 Å². The van der Waals surface area contributed by atoms with Crippen LogP contribution in [0, 0.1) is 5.41 Å². The Morgan fingerprint density at radius 3 is 2.29 bits per heavy atom. The summed E-state index contributed by atoms with van der Waals surface area (Å²) in [7, 11) is 2.63. The van der Waals surface area contributed by atoms with Crippen LogP contribution in [-0.4, -0.2) is 73.1 Å². The van der Waals surface area contributed by atoms with Crippen LogP contribution in [0.5, 0.6) is 0 Å². The Kier molecular flexibility index (Phi) is 9.30. The fraction of sp³-hybridized carbons (Fsp3) is 0.429. The average molecular weight is 337 g/mol. The summed E-state index contributed by atoms with van der Waals surface area (Å²) in [5.74, 6) is -3.27. The van der Waals surface area contributed by atoms with E-state index >= 15 is 0 Å². The predicted octanol–water partition coefficient (Wildman–Crippen LogP) is -1.23. The fourth-order valence-electron chi connectivity index (χ4n) is 1.50. The second kappa shape index (κ2) is 10.6. The normalized spacial score (nSPS) is 12.0. The van der Waals surface area contributed by atoms with Gasteiger partial charge in [0.25, 0.3) is 17.7 Å². The number of nitrogens with one attached hydrogen (secondary N) is 2. The number of hydrogen-bond donors (Lipinski definition) is 2. The molecule has 0 saturated carbocycles. The molecule has 0 aliphatic heterocycles. The third kappa shape index (κ3) is 7.82. The van der Waals surface area contributed by atoms with Crippen LogP contribution in [0.15, 0.2) is 9.98 Å². The van der Waals surface area contributed by atoms with E-state index in [0.29, 0.717) is 6.21 Å². The van der Waals surface area contributed by atoms with Crippen LogP contribution in [0.3, 0.4) is 0 Å². The summed E-state index contributed by atoms with van der Waals surface area (Å²) in [5.41, 5.74) is 0. The minimum absolute atomic E-state index is 0.0890. The summed E-state index contributed by atoms with van der Waals surface area (Å²) in [6.45, 7) is 1.16. The molecule has 0 aliphatic rings. The number of nitrogens with zero attached hydrogens (tertiary/aromatic N) is 3. The molecule has 130 valence electrons. The van der Waals surface area contributed by atoms with E-state index in [2.05, 4.69) is 15.3 Å². The molecular formula is C14H19N5O5. The monoisotopic (exact) mass is 337 g/mol. The molecule has 2 N–H and O–H groups in total. The molecule has 0 saturated heterocycles. The first-order valence-corrected chi connectivity index (χ1v) is 6.87. The summed E-state index contributed by atoms with van der Waals surface area (Å²) in [5, 5.41) is 9.09. The lowest BCUT2D eigenvalue weighted by molar-refractivity contribution is -0.133. The van der Waals surface area contributed by atoms with Gasteiger partial charge < -0.3 is 15.6 Å². The topological polar surface area (TPSA) is 149 Å². The van der Waals surface area contributed by atoms with Crippen molar-refractivity contribution in [1.82, 2.24) is 10.2 Å². The number of Topliss-reactive ketones (excluding diaryl/α,β-unsaturated/α-hetero) is 1. The molecular weight excluding hydrogens is 318 g/mol. The summed E-state index contributed by atoms with van der Waals surface area (Å²) < 4.78 is 0. The molecule has 4 amide bonds. The Morgan fingerprint density at radius 1 is 1.17 bits per heavy atom. The number of rotatable bonds is 8. The lowest BCUT2D eigenvalue weighted by Crippen LogP contribution is -2.43. The van der Waals surface area contributed by atoms with E-state index in [1.54, 1.807) is 0 Å². The number of likely N-dealkylation sites (N-methyl/N-ethyl adjacent to an activating group) is 1. The molecule has 0 heterocycles. The van der Waals surface area contributed by atoms with Gasteiger partial charge in [0.15, 0.2) is 5.78 Å². The highest BCUT2D eigenvalue weighted by Gasteiger charge is 2.26. The number of ketones is 1. The van der Waals surface area contributed by atoms with Crippen molar-refractivity contribution in [2.24, 2.45) is 9.98 Å². The van der Waals surface area contributed by atoms with Crippen molar-refractivity contribution >= 4 is 48.1 Å². The molecule has 1 atom stereocenters. The van der Waals surface area contributed by atoms with Crippen LogP contribution in [-0.2, 0) is 24.0 Å². The van der Waals surface area contributed by atoms with Gasteiger partial charge in [-0.3, -0.25) is 24.0 Å². The fourth-order valence-corrected chi connectivity index (χ4v) is 1.50. The molecule has 0 aromatic heterocycles. The predicted molar refractivity (Wildman–Crippen MR) is 86.3 cm³/mol. The maximum atomic E-state index is 12.1. The molecule has 0 aliphatic carbocycles. The smallest absolute Gasteiger partial charge is 0.268 e.